The van der Waals surface area contributed by atoms with Gasteiger partial charge in [0.05, 0.1) is 23.7 Å². The van der Waals surface area contributed by atoms with E-state index in [1.54, 1.807) is 7.11 Å². The van der Waals surface area contributed by atoms with Crippen molar-refractivity contribution in [2.75, 3.05) is 12.0 Å². The van der Waals surface area contributed by atoms with Crippen LogP contribution in [0.1, 0.15) is 53.8 Å². The predicted octanol–water partition coefficient (Wildman–Crippen LogP) is 8.89. The molecule has 196 valence electrons. The highest BCUT2D eigenvalue weighted by Gasteiger charge is 2.68. The SMILES string of the molecule is COc1ccc(N2[C@H](c3ccccc3)S[C@@]3(SC(c4ccccc4)=NC34CCCC4)[C@H]2c2ccccc2)cc1. The average molecular weight is 549 g/mol. The number of rotatable bonds is 5. The zero-order valence-electron chi connectivity index (χ0n) is 22.1. The molecule has 39 heavy (non-hydrogen) atoms. The fourth-order valence-electron chi connectivity index (χ4n) is 6.61. The Kier molecular flexibility index (Phi) is 6.44. The molecule has 0 unspecified atom stereocenters. The summed E-state index contributed by atoms with van der Waals surface area (Å²) in [7, 11) is 1.73. The van der Waals surface area contributed by atoms with Crippen LogP contribution in [0.4, 0.5) is 5.69 Å². The summed E-state index contributed by atoms with van der Waals surface area (Å²) in [6.45, 7) is 0. The van der Waals surface area contributed by atoms with Gasteiger partial charge in [0.1, 0.15) is 15.2 Å². The second-order valence-electron chi connectivity index (χ2n) is 10.6. The van der Waals surface area contributed by atoms with E-state index in [-0.39, 0.29) is 21.0 Å². The summed E-state index contributed by atoms with van der Waals surface area (Å²) in [5, 5.41) is 1.34. The lowest BCUT2D eigenvalue weighted by Crippen LogP contribution is -2.48. The molecule has 2 spiro atoms. The van der Waals surface area contributed by atoms with Gasteiger partial charge in [-0.2, -0.15) is 0 Å². The molecule has 2 aliphatic heterocycles. The van der Waals surface area contributed by atoms with Crippen LogP contribution >= 0.6 is 23.5 Å². The van der Waals surface area contributed by atoms with Gasteiger partial charge in [0, 0.05) is 11.3 Å². The van der Waals surface area contributed by atoms with Crippen LogP contribution in [0.25, 0.3) is 0 Å². The number of aliphatic imine (C=N–C) groups is 1. The van der Waals surface area contributed by atoms with Gasteiger partial charge < -0.3 is 9.64 Å². The van der Waals surface area contributed by atoms with Gasteiger partial charge in [-0.15, -0.1) is 11.8 Å². The maximum absolute atomic E-state index is 5.70. The summed E-state index contributed by atoms with van der Waals surface area (Å²) in [5.74, 6) is 0.880. The lowest BCUT2D eigenvalue weighted by atomic mass is 9.84. The first-order valence-electron chi connectivity index (χ1n) is 13.8. The lowest BCUT2D eigenvalue weighted by Gasteiger charge is -2.43. The molecule has 7 rings (SSSR count). The third kappa shape index (κ3) is 4.09. The molecule has 2 heterocycles. The number of ether oxygens (including phenoxy) is 1. The van der Waals surface area contributed by atoms with Crippen LogP contribution in [0.5, 0.6) is 5.75 Å². The number of nitrogens with zero attached hydrogens (tertiary/aromatic N) is 2. The Morgan fingerprint density at radius 3 is 1.95 bits per heavy atom. The molecule has 3 atom stereocenters. The minimum Gasteiger partial charge on any atom is -0.497 e. The number of anilines is 1. The third-order valence-corrected chi connectivity index (χ3v) is 12.1. The van der Waals surface area contributed by atoms with Crippen molar-refractivity contribution in [3.05, 3.63) is 132 Å². The summed E-state index contributed by atoms with van der Waals surface area (Å²) >= 11 is 4.15. The van der Waals surface area contributed by atoms with E-state index >= 15 is 0 Å². The Hall–Kier alpha value is -3.15. The molecule has 1 aliphatic carbocycles. The molecule has 4 aromatic carbocycles. The van der Waals surface area contributed by atoms with Crippen LogP contribution in [0, 0.1) is 0 Å². The minimum atomic E-state index is -0.170. The van der Waals surface area contributed by atoms with Crippen molar-refractivity contribution in [2.45, 2.75) is 46.7 Å². The minimum absolute atomic E-state index is 0.123. The van der Waals surface area contributed by atoms with Crippen LogP contribution in [-0.2, 0) is 0 Å². The number of methoxy groups -OCH3 is 1. The smallest absolute Gasteiger partial charge is 0.119 e. The Balaban J connectivity index is 1.45. The number of hydrogen-bond acceptors (Lipinski definition) is 5. The van der Waals surface area contributed by atoms with Crippen LogP contribution in [0.3, 0.4) is 0 Å². The van der Waals surface area contributed by atoms with Gasteiger partial charge in [-0.05, 0) is 48.2 Å². The molecule has 0 aromatic heterocycles. The van der Waals surface area contributed by atoms with E-state index in [2.05, 4.69) is 132 Å². The zero-order valence-corrected chi connectivity index (χ0v) is 23.7. The molecule has 1 saturated heterocycles. The Bertz CT molecular complexity index is 1450. The molecule has 4 aromatic rings. The monoisotopic (exact) mass is 548 g/mol. The highest BCUT2D eigenvalue weighted by Crippen LogP contribution is 2.73. The first kappa shape index (κ1) is 24.9. The van der Waals surface area contributed by atoms with Gasteiger partial charge in [-0.1, -0.05) is 116 Å². The van der Waals surface area contributed by atoms with E-state index in [0.717, 1.165) is 18.6 Å². The fourth-order valence-corrected chi connectivity index (χ4v) is 10.7. The number of benzene rings is 4. The molecular weight excluding hydrogens is 517 g/mol. The van der Waals surface area contributed by atoms with E-state index < -0.39 is 0 Å². The van der Waals surface area contributed by atoms with Gasteiger partial charge in [0.15, 0.2) is 0 Å². The highest BCUT2D eigenvalue weighted by atomic mass is 32.2. The second kappa shape index (κ2) is 10.1. The molecule has 0 amide bonds. The van der Waals surface area contributed by atoms with Crippen molar-refractivity contribution in [3.8, 4) is 5.75 Å². The quantitative estimate of drug-likeness (QED) is 0.249. The van der Waals surface area contributed by atoms with Gasteiger partial charge in [-0.25, -0.2) is 0 Å². The Labute approximate surface area is 239 Å². The maximum Gasteiger partial charge on any atom is 0.119 e. The number of thioether (sulfide) groups is 2. The molecule has 5 heteroatoms. The van der Waals surface area contributed by atoms with Crippen molar-refractivity contribution in [1.29, 1.82) is 0 Å². The first-order valence-corrected chi connectivity index (χ1v) is 15.5. The largest absolute Gasteiger partial charge is 0.497 e. The molecule has 2 fully saturated rings. The van der Waals surface area contributed by atoms with E-state index in [4.69, 9.17) is 9.73 Å². The first-order chi connectivity index (χ1) is 19.2. The maximum atomic E-state index is 5.70. The lowest BCUT2D eigenvalue weighted by molar-refractivity contribution is 0.370. The van der Waals surface area contributed by atoms with Gasteiger partial charge in [0.2, 0.25) is 0 Å². The second-order valence-corrected chi connectivity index (χ2v) is 13.4. The van der Waals surface area contributed by atoms with E-state index in [9.17, 15) is 0 Å². The summed E-state index contributed by atoms with van der Waals surface area (Å²) in [6, 6.07) is 41.8. The van der Waals surface area contributed by atoms with E-state index in [1.807, 2.05) is 11.8 Å². The van der Waals surface area contributed by atoms with Crippen molar-refractivity contribution >= 4 is 34.3 Å². The third-order valence-electron chi connectivity index (χ3n) is 8.41. The average Bonchev–Trinajstić information content (AvgIpc) is 3.71. The van der Waals surface area contributed by atoms with Crippen molar-refractivity contribution < 1.29 is 4.74 Å². The molecule has 1 saturated carbocycles. The standard InChI is InChI=1S/C34H32N2OS2/c1-37-29-21-19-28(20-22-29)36-30(25-13-5-2-6-14-25)34(39-32(36)27-17-9-4-10-18-27)33(23-11-12-24-33)35-31(38-34)26-15-7-3-8-16-26/h2-10,13-22,30,32H,11-12,23-24H2,1H3/t30-,32+,34+/m1/s1. The van der Waals surface area contributed by atoms with Crippen molar-refractivity contribution in [3.63, 3.8) is 0 Å². The zero-order chi connectivity index (χ0) is 26.3. The van der Waals surface area contributed by atoms with Crippen molar-refractivity contribution in [1.82, 2.24) is 0 Å². The molecule has 0 radical (unpaired) electrons. The molecule has 0 N–H and O–H groups in total. The highest BCUT2D eigenvalue weighted by molar-refractivity contribution is 8.27. The number of fused-ring (bicyclic) bond motifs is 1. The van der Waals surface area contributed by atoms with E-state index in [1.165, 1.54) is 40.3 Å². The Morgan fingerprint density at radius 2 is 1.33 bits per heavy atom. The fraction of sp³-hybridized carbons (Fsp3) is 0.265. The summed E-state index contributed by atoms with van der Waals surface area (Å²) < 4.78 is 5.37. The van der Waals surface area contributed by atoms with Crippen LogP contribution in [-0.4, -0.2) is 21.8 Å². The van der Waals surface area contributed by atoms with Gasteiger partial charge >= 0.3 is 0 Å². The molecular formula is C34H32N2OS2. The van der Waals surface area contributed by atoms with Crippen LogP contribution in [0.15, 0.2) is 120 Å². The van der Waals surface area contributed by atoms with Gasteiger partial charge in [0.25, 0.3) is 0 Å². The summed E-state index contributed by atoms with van der Waals surface area (Å²) in [6.07, 6.45) is 4.72. The Morgan fingerprint density at radius 1 is 0.744 bits per heavy atom. The van der Waals surface area contributed by atoms with E-state index in [0.29, 0.717) is 0 Å². The summed E-state index contributed by atoms with van der Waals surface area (Å²) in [4.78, 5) is 8.37. The molecule has 3 nitrogen and oxygen atoms in total. The predicted molar refractivity (Wildman–Crippen MR) is 166 cm³/mol. The normalized spacial score (nSPS) is 25.4. The summed E-state index contributed by atoms with van der Waals surface area (Å²) in [5.41, 5.74) is 5.00. The van der Waals surface area contributed by atoms with Crippen molar-refractivity contribution in [2.24, 2.45) is 4.99 Å². The van der Waals surface area contributed by atoms with Crippen LogP contribution in [0.2, 0.25) is 0 Å². The molecule has 3 aliphatic rings. The van der Waals surface area contributed by atoms with Gasteiger partial charge in [-0.3, -0.25) is 4.99 Å². The molecule has 0 bridgehead atoms. The topological polar surface area (TPSA) is 24.8 Å². The van der Waals surface area contributed by atoms with Crippen LogP contribution < -0.4 is 9.64 Å². The number of hydrogen-bond donors (Lipinski definition) is 0.